The third kappa shape index (κ3) is 3.07. The van der Waals surface area contributed by atoms with Gasteiger partial charge in [0.05, 0.1) is 26.2 Å². The van der Waals surface area contributed by atoms with Gasteiger partial charge in [-0.1, -0.05) is 30.3 Å². The second kappa shape index (κ2) is 5.95. The summed E-state index contributed by atoms with van der Waals surface area (Å²) in [6, 6.07) is 9.40. The first-order valence-corrected chi connectivity index (χ1v) is 5.77. The minimum absolute atomic E-state index is 0.0182. The molecule has 0 amide bonds. The van der Waals surface area contributed by atoms with Gasteiger partial charge in [-0.15, -0.1) is 0 Å². The highest BCUT2D eigenvalue weighted by Gasteiger charge is 2.33. The molecular weight excluding hydrogens is 236 g/mol. The lowest BCUT2D eigenvalue weighted by Crippen LogP contribution is -2.41. The predicted molar refractivity (Wildman–Crippen MR) is 62.6 cm³/mol. The maximum atomic E-state index is 11.2. The Balaban J connectivity index is 2.02. The quantitative estimate of drug-likeness (QED) is 0.814. The van der Waals surface area contributed by atoms with Crippen LogP contribution in [-0.2, 0) is 19.0 Å². The average Bonchev–Trinajstić information content (AvgIpc) is 2.42. The van der Waals surface area contributed by atoms with Gasteiger partial charge in [0.25, 0.3) is 0 Å². The zero-order valence-electron chi connectivity index (χ0n) is 10.1. The van der Waals surface area contributed by atoms with E-state index in [2.05, 4.69) is 4.74 Å². The van der Waals surface area contributed by atoms with Crippen LogP contribution in [0, 0.1) is 0 Å². The molecule has 18 heavy (non-hydrogen) atoms. The number of aliphatic hydroxyl groups excluding tert-OH is 1. The van der Waals surface area contributed by atoms with Crippen molar-refractivity contribution in [3.63, 3.8) is 0 Å². The van der Waals surface area contributed by atoms with E-state index in [0.717, 1.165) is 5.56 Å². The number of benzene rings is 1. The van der Waals surface area contributed by atoms with E-state index in [1.807, 2.05) is 30.3 Å². The van der Waals surface area contributed by atoms with Crippen LogP contribution in [0.1, 0.15) is 18.3 Å². The van der Waals surface area contributed by atoms with Gasteiger partial charge in [0.1, 0.15) is 6.10 Å². The number of esters is 1. The summed E-state index contributed by atoms with van der Waals surface area (Å²) in [5.74, 6) is -0.409. The van der Waals surface area contributed by atoms with E-state index in [1.165, 1.54) is 7.11 Å². The lowest BCUT2D eigenvalue weighted by Gasteiger charge is -2.33. The van der Waals surface area contributed by atoms with Crippen LogP contribution in [0.15, 0.2) is 30.3 Å². The van der Waals surface area contributed by atoms with Crippen molar-refractivity contribution in [2.45, 2.75) is 24.9 Å². The van der Waals surface area contributed by atoms with Crippen LogP contribution in [-0.4, -0.2) is 37.0 Å². The second-order valence-electron chi connectivity index (χ2n) is 4.10. The largest absolute Gasteiger partial charge is 0.469 e. The zero-order chi connectivity index (χ0) is 13.0. The Kier molecular flexibility index (Phi) is 4.30. The summed E-state index contributed by atoms with van der Waals surface area (Å²) in [5.41, 5.74) is 0.860. The van der Waals surface area contributed by atoms with Gasteiger partial charge in [-0.05, 0) is 0 Å². The Labute approximate surface area is 105 Å². The fourth-order valence-corrected chi connectivity index (χ4v) is 1.80. The van der Waals surface area contributed by atoms with E-state index in [-0.39, 0.29) is 13.0 Å². The van der Waals surface area contributed by atoms with Crippen molar-refractivity contribution >= 4 is 5.97 Å². The molecule has 5 heteroatoms. The van der Waals surface area contributed by atoms with Crippen molar-refractivity contribution in [3.8, 4) is 0 Å². The summed E-state index contributed by atoms with van der Waals surface area (Å²) in [5, 5.41) is 9.72. The van der Waals surface area contributed by atoms with Crippen LogP contribution < -0.4 is 0 Å². The predicted octanol–water partition coefficient (Wildman–Crippen LogP) is 1.02. The maximum absolute atomic E-state index is 11.2. The molecule has 1 aromatic rings. The van der Waals surface area contributed by atoms with Gasteiger partial charge < -0.3 is 19.3 Å². The van der Waals surface area contributed by atoms with Crippen molar-refractivity contribution in [2.75, 3.05) is 13.7 Å². The van der Waals surface area contributed by atoms with Crippen LogP contribution >= 0.6 is 0 Å². The molecule has 98 valence electrons. The molecule has 5 nitrogen and oxygen atoms in total. The Morgan fingerprint density at radius 1 is 1.44 bits per heavy atom. The minimum Gasteiger partial charge on any atom is -0.469 e. The molecule has 0 bridgehead atoms. The van der Waals surface area contributed by atoms with E-state index in [1.54, 1.807) is 0 Å². The Morgan fingerprint density at radius 3 is 2.83 bits per heavy atom. The molecule has 0 radical (unpaired) electrons. The molecule has 0 aliphatic carbocycles. The molecule has 1 heterocycles. The summed E-state index contributed by atoms with van der Waals surface area (Å²) in [4.78, 5) is 11.2. The number of carbonyl (C=O) groups excluding carboxylic acids is 1. The number of hydrogen-bond donors (Lipinski definition) is 1. The van der Waals surface area contributed by atoms with Crippen LogP contribution in [0.3, 0.4) is 0 Å². The topological polar surface area (TPSA) is 65.0 Å². The number of aliphatic hydroxyl groups is 1. The highest BCUT2D eigenvalue weighted by molar-refractivity contribution is 5.69. The standard InChI is InChI=1S/C13H16O5/c1-16-12(15)7-11-10(14)8-17-13(18-11)9-5-3-2-4-6-9/h2-6,10-11,13-14H,7-8H2,1H3/t10-,11+,13-/m1/s1. The zero-order valence-corrected chi connectivity index (χ0v) is 10.1. The molecule has 3 atom stereocenters. The highest BCUT2D eigenvalue weighted by Crippen LogP contribution is 2.27. The number of carbonyl (C=O) groups is 1. The lowest BCUT2D eigenvalue weighted by atomic mass is 10.1. The van der Waals surface area contributed by atoms with Crippen LogP contribution in [0.25, 0.3) is 0 Å². The smallest absolute Gasteiger partial charge is 0.308 e. The maximum Gasteiger partial charge on any atom is 0.308 e. The average molecular weight is 252 g/mol. The van der Waals surface area contributed by atoms with E-state index in [9.17, 15) is 9.90 Å². The first-order valence-electron chi connectivity index (χ1n) is 5.77. The van der Waals surface area contributed by atoms with Gasteiger partial charge in [-0.25, -0.2) is 0 Å². The summed E-state index contributed by atoms with van der Waals surface area (Å²) in [6.45, 7) is 0.140. The first kappa shape index (κ1) is 13.0. The molecule has 1 aliphatic heterocycles. The van der Waals surface area contributed by atoms with Gasteiger partial charge in [-0.2, -0.15) is 0 Å². The normalized spacial score (nSPS) is 27.8. The van der Waals surface area contributed by atoms with Crippen LogP contribution in [0.4, 0.5) is 0 Å². The molecule has 1 saturated heterocycles. The Hall–Kier alpha value is -1.43. The molecule has 0 unspecified atom stereocenters. The van der Waals surface area contributed by atoms with Crippen molar-refractivity contribution in [3.05, 3.63) is 35.9 Å². The van der Waals surface area contributed by atoms with E-state index in [0.29, 0.717) is 0 Å². The van der Waals surface area contributed by atoms with Crippen molar-refractivity contribution in [1.29, 1.82) is 0 Å². The van der Waals surface area contributed by atoms with Crippen LogP contribution in [0.5, 0.6) is 0 Å². The SMILES string of the molecule is COC(=O)C[C@@H]1O[C@H](c2ccccc2)OC[C@H]1O. The molecule has 0 aromatic heterocycles. The molecule has 1 fully saturated rings. The molecule has 1 N–H and O–H groups in total. The van der Waals surface area contributed by atoms with E-state index >= 15 is 0 Å². The summed E-state index contributed by atoms with van der Waals surface area (Å²) < 4.78 is 15.6. The molecule has 1 aliphatic rings. The van der Waals surface area contributed by atoms with Crippen molar-refractivity contribution < 1.29 is 24.1 Å². The molecule has 0 saturated carbocycles. The monoisotopic (exact) mass is 252 g/mol. The van der Waals surface area contributed by atoms with E-state index in [4.69, 9.17) is 9.47 Å². The fraction of sp³-hybridized carbons (Fsp3) is 0.462. The lowest BCUT2D eigenvalue weighted by molar-refractivity contribution is -0.257. The number of methoxy groups -OCH3 is 1. The minimum atomic E-state index is -0.816. The first-order chi connectivity index (χ1) is 8.70. The van der Waals surface area contributed by atoms with Crippen molar-refractivity contribution in [2.24, 2.45) is 0 Å². The third-order valence-electron chi connectivity index (χ3n) is 2.81. The summed E-state index contributed by atoms with van der Waals surface area (Å²) in [6.07, 6.45) is -1.95. The molecule has 2 rings (SSSR count). The second-order valence-corrected chi connectivity index (χ2v) is 4.10. The molecule has 1 aromatic carbocycles. The number of ether oxygens (including phenoxy) is 3. The van der Waals surface area contributed by atoms with E-state index < -0.39 is 24.5 Å². The molecular formula is C13H16O5. The number of hydrogen-bond acceptors (Lipinski definition) is 5. The van der Waals surface area contributed by atoms with Gasteiger partial charge in [0.15, 0.2) is 6.29 Å². The Morgan fingerprint density at radius 2 is 2.17 bits per heavy atom. The van der Waals surface area contributed by atoms with Gasteiger partial charge in [0.2, 0.25) is 0 Å². The fourth-order valence-electron chi connectivity index (χ4n) is 1.80. The number of rotatable bonds is 3. The third-order valence-corrected chi connectivity index (χ3v) is 2.81. The van der Waals surface area contributed by atoms with Crippen LogP contribution in [0.2, 0.25) is 0 Å². The van der Waals surface area contributed by atoms with Gasteiger partial charge in [-0.3, -0.25) is 4.79 Å². The van der Waals surface area contributed by atoms with Gasteiger partial charge in [0, 0.05) is 5.56 Å². The summed E-state index contributed by atoms with van der Waals surface area (Å²) >= 11 is 0. The molecule has 0 spiro atoms. The van der Waals surface area contributed by atoms with Crippen molar-refractivity contribution in [1.82, 2.24) is 0 Å². The van der Waals surface area contributed by atoms with Gasteiger partial charge >= 0.3 is 5.97 Å². The Bertz CT molecular complexity index is 392. The highest BCUT2D eigenvalue weighted by atomic mass is 16.7. The summed E-state index contributed by atoms with van der Waals surface area (Å²) in [7, 11) is 1.31.